The van der Waals surface area contributed by atoms with E-state index in [0.29, 0.717) is 31.7 Å². The summed E-state index contributed by atoms with van der Waals surface area (Å²) in [6, 6.07) is 16.2. The van der Waals surface area contributed by atoms with E-state index in [1.54, 1.807) is 12.1 Å². The third kappa shape index (κ3) is 8.42. The Bertz CT molecular complexity index is 1260. The minimum Gasteiger partial charge on any atom is -0.396 e. The number of hydrogen-bond donors (Lipinski definition) is 4. The van der Waals surface area contributed by atoms with Crippen molar-refractivity contribution >= 4 is 27.6 Å². The number of aliphatic hydroxyl groups excluding tert-OH is 2. The highest BCUT2D eigenvalue weighted by Gasteiger charge is 2.33. The Morgan fingerprint density at radius 3 is 2.15 bits per heavy atom. The summed E-state index contributed by atoms with van der Waals surface area (Å²) in [5.41, 5.74) is 0.765. The van der Waals surface area contributed by atoms with Crippen LogP contribution in [-0.2, 0) is 37.5 Å². The van der Waals surface area contributed by atoms with Crippen LogP contribution >= 0.6 is 0 Å². The van der Waals surface area contributed by atoms with Gasteiger partial charge in [-0.3, -0.25) is 19.3 Å². The van der Waals surface area contributed by atoms with Gasteiger partial charge in [-0.05, 0) is 23.3 Å². The number of rotatable bonds is 13. The monoisotopic (exact) mass is 574 g/mol. The van der Waals surface area contributed by atoms with Crippen LogP contribution in [0.25, 0.3) is 0 Å². The Labute approximate surface area is 235 Å². The van der Waals surface area contributed by atoms with Crippen LogP contribution in [0.5, 0.6) is 0 Å². The summed E-state index contributed by atoms with van der Waals surface area (Å²) in [6.45, 7) is 5.36. The maximum atomic E-state index is 13.1. The van der Waals surface area contributed by atoms with Crippen LogP contribution in [0.4, 0.5) is 0 Å². The molecule has 0 unspecified atom stereocenters. The molecule has 1 aliphatic rings. The van der Waals surface area contributed by atoms with Crippen molar-refractivity contribution in [3.8, 4) is 0 Å². The zero-order valence-electron chi connectivity index (χ0n) is 22.9. The van der Waals surface area contributed by atoms with Gasteiger partial charge in [0, 0.05) is 57.6 Å². The van der Waals surface area contributed by atoms with E-state index in [1.807, 2.05) is 18.2 Å². The van der Waals surface area contributed by atoms with Gasteiger partial charge < -0.3 is 20.8 Å². The van der Waals surface area contributed by atoms with Gasteiger partial charge >= 0.3 is 0 Å². The maximum absolute atomic E-state index is 13.1. The Balaban J connectivity index is 1.43. The van der Waals surface area contributed by atoms with Crippen LogP contribution in [0.1, 0.15) is 31.4 Å². The standard InChI is InChI=1S/C28H38N4O7S/c1-28(2,20-33)25(35)27(37)29-13-12-24(34)26(36)30-18-21-8-10-23(11-9-21)40(38,39)32-16-14-31(15-17-32)19-22-6-4-3-5-7-22/h3-11,25,33,35H,12-20H2,1-2H3,(H,29,37)(H,30,36)/t25-/m0/s1. The Morgan fingerprint density at radius 2 is 1.55 bits per heavy atom. The number of nitrogens with zero attached hydrogens (tertiary/aromatic N) is 2. The number of ketones is 1. The van der Waals surface area contributed by atoms with Crippen molar-refractivity contribution in [2.24, 2.45) is 5.41 Å². The van der Waals surface area contributed by atoms with Crippen molar-refractivity contribution in [2.45, 2.75) is 44.4 Å². The number of aliphatic hydroxyl groups is 2. The second-order valence-electron chi connectivity index (χ2n) is 10.5. The molecule has 0 saturated carbocycles. The zero-order valence-corrected chi connectivity index (χ0v) is 23.7. The van der Waals surface area contributed by atoms with Gasteiger partial charge in [-0.2, -0.15) is 4.31 Å². The molecule has 40 heavy (non-hydrogen) atoms. The van der Waals surface area contributed by atoms with Gasteiger partial charge in [-0.15, -0.1) is 0 Å². The summed E-state index contributed by atoms with van der Waals surface area (Å²) in [5, 5.41) is 24.1. The smallest absolute Gasteiger partial charge is 0.287 e. The fourth-order valence-electron chi connectivity index (χ4n) is 4.13. The van der Waals surface area contributed by atoms with E-state index < -0.39 is 45.7 Å². The lowest BCUT2D eigenvalue weighted by atomic mass is 9.87. The molecule has 0 aromatic heterocycles. The molecule has 2 aromatic rings. The number of benzene rings is 2. The van der Waals surface area contributed by atoms with Crippen LogP contribution in [0.3, 0.4) is 0 Å². The third-order valence-corrected chi connectivity index (χ3v) is 8.81. The average molecular weight is 575 g/mol. The predicted molar refractivity (Wildman–Crippen MR) is 148 cm³/mol. The van der Waals surface area contributed by atoms with Crippen LogP contribution < -0.4 is 10.6 Å². The topological polar surface area (TPSA) is 156 Å². The summed E-state index contributed by atoms with van der Waals surface area (Å²) in [6.07, 6.45) is -1.72. The molecule has 2 aromatic carbocycles. The second-order valence-corrected chi connectivity index (χ2v) is 12.4. The molecule has 1 fully saturated rings. The molecule has 12 heteroatoms. The third-order valence-electron chi connectivity index (χ3n) is 6.90. The largest absolute Gasteiger partial charge is 0.396 e. The minimum atomic E-state index is -3.66. The van der Waals surface area contributed by atoms with Gasteiger partial charge in [0.1, 0.15) is 6.10 Å². The Hall–Kier alpha value is -3.16. The van der Waals surface area contributed by atoms with E-state index in [-0.39, 0.29) is 24.4 Å². The van der Waals surface area contributed by atoms with Gasteiger partial charge in [-0.25, -0.2) is 8.42 Å². The number of piperazine rings is 1. The molecule has 2 amide bonds. The summed E-state index contributed by atoms with van der Waals surface area (Å²) in [5.74, 6) is -2.33. The maximum Gasteiger partial charge on any atom is 0.287 e. The normalized spacial score (nSPS) is 15.8. The first kappa shape index (κ1) is 31.4. The number of nitrogens with one attached hydrogen (secondary N) is 2. The highest BCUT2D eigenvalue weighted by molar-refractivity contribution is 7.89. The second kappa shape index (κ2) is 14.0. The summed E-state index contributed by atoms with van der Waals surface area (Å²) >= 11 is 0. The van der Waals surface area contributed by atoms with Gasteiger partial charge in [0.05, 0.1) is 11.5 Å². The lowest BCUT2D eigenvalue weighted by Gasteiger charge is -2.34. The van der Waals surface area contributed by atoms with E-state index in [1.165, 1.54) is 35.8 Å². The molecule has 218 valence electrons. The molecule has 0 spiro atoms. The summed E-state index contributed by atoms with van der Waals surface area (Å²) < 4.78 is 27.7. The fourth-order valence-corrected chi connectivity index (χ4v) is 5.55. The molecular formula is C28H38N4O7S. The molecule has 1 aliphatic heterocycles. The van der Waals surface area contributed by atoms with Gasteiger partial charge in [0.2, 0.25) is 21.7 Å². The van der Waals surface area contributed by atoms with Crippen molar-refractivity contribution in [3.05, 3.63) is 65.7 Å². The first-order valence-corrected chi connectivity index (χ1v) is 14.6. The van der Waals surface area contributed by atoms with Crippen LogP contribution in [-0.4, -0.2) is 90.9 Å². The average Bonchev–Trinajstić information content (AvgIpc) is 2.96. The lowest BCUT2D eigenvalue weighted by Crippen LogP contribution is -2.48. The van der Waals surface area contributed by atoms with Crippen molar-refractivity contribution < 1.29 is 33.0 Å². The number of carbonyl (C=O) groups is 3. The highest BCUT2D eigenvalue weighted by Crippen LogP contribution is 2.20. The first-order valence-electron chi connectivity index (χ1n) is 13.2. The van der Waals surface area contributed by atoms with Crippen molar-refractivity contribution in [1.29, 1.82) is 0 Å². The van der Waals surface area contributed by atoms with E-state index >= 15 is 0 Å². The van der Waals surface area contributed by atoms with E-state index in [9.17, 15) is 33.0 Å². The van der Waals surface area contributed by atoms with E-state index in [0.717, 1.165) is 6.54 Å². The Kier molecular flexibility index (Phi) is 10.9. The number of Topliss-reactive ketones (excluding diaryl/α,β-unsaturated/α-hetero) is 1. The number of amides is 2. The molecular weight excluding hydrogens is 536 g/mol. The van der Waals surface area contributed by atoms with Crippen LogP contribution in [0.2, 0.25) is 0 Å². The van der Waals surface area contributed by atoms with Crippen LogP contribution in [0, 0.1) is 5.41 Å². The summed E-state index contributed by atoms with van der Waals surface area (Å²) in [7, 11) is -3.66. The molecule has 1 atom stereocenters. The molecule has 1 heterocycles. The quantitative estimate of drug-likeness (QED) is 0.248. The summed E-state index contributed by atoms with van der Waals surface area (Å²) in [4.78, 5) is 38.6. The molecule has 0 radical (unpaired) electrons. The highest BCUT2D eigenvalue weighted by atomic mass is 32.2. The zero-order chi connectivity index (χ0) is 29.3. The van der Waals surface area contributed by atoms with Gasteiger partial charge in [0.25, 0.3) is 5.91 Å². The van der Waals surface area contributed by atoms with E-state index in [4.69, 9.17) is 0 Å². The SMILES string of the molecule is CC(C)(CO)[C@@H](O)C(=O)NCCC(=O)C(=O)NCc1ccc(S(=O)(=O)N2CCN(Cc3ccccc3)CC2)cc1. The lowest BCUT2D eigenvalue weighted by molar-refractivity contribution is -0.139. The molecule has 0 aliphatic carbocycles. The molecule has 3 rings (SSSR count). The van der Waals surface area contributed by atoms with E-state index in [2.05, 4.69) is 27.7 Å². The van der Waals surface area contributed by atoms with Gasteiger partial charge in [-0.1, -0.05) is 56.3 Å². The fraction of sp³-hybridized carbons (Fsp3) is 0.464. The van der Waals surface area contributed by atoms with Crippen LogP contribution in [0.15, 0.2) is 59.5 Å². The molecule has 0 bridgehead atoms. The Morgan fingerprint density at radius 1 is 0.925 bits per heavy atom. The van der Waals surface area contributed by atoms with Crippen molar-refractivity contribution in [1.82, 2.24) is 19.8 Å². The number of carbonyl (C=O) groups excluding carboxylic acids is 3. The van der Waals surface area contributed by atoms with Gasteiger partial charge in [0.15, 0.2) is 0 Å². The van der Waals surface area contributed by atoms with Crippen molar-refractivity contribution in [3.63, 3.8) is 0 Å². The minimum absolute atomic E-state index is 0.0266. The number of sulfonamides is 1. The first-order chi connectivity index (χ1) is 18.9. The van der Waals surface area contributed by atoms with Crippen molar-refractivity contribution in [2.75, 3.05) is 39.3 Å². The number of hydrogen-bond acceptors (Lipinski definition) is 8. The predicted octanol–water partition coefficient (Wildman–Crippen LogP) is 0.264. The molecule has 1 saturated heterocycles. The molecule has 11 nitrogen and oxygen atoms in total. The molecule has 4 N–H and O–H groups in total.